The first-order chi connectivity index (χ1) is 7.86. The first kappa shape index (κ1) is 10.8. The molecule has 1 aromatic rings. The quantitative estimate of drug-likeness (QED) is 0.601. The maximum Gasteiger partial charge on any atom is 0.269 e. The predicted molar refractivity (Wildman–Crippen MR) is 58.9 cm³/mol. The van der Waals surface area contributed by atoms with Crippen LogP contribution in [-0.2, 0) is 9.53 Å². The second-order valence-electron chi connectivity index (χ2n) is 3.49. The molecule has 1 atom stereocenters. The van der Waals surface area contributed by atoms with Gasteiger partial charge in [-0.3, -0.25) is 9.78 Å². The number of amides is 1. The SMILES string of the molecule is O=C(N/N=C/c1ccccn1)[C@@H]1CCCO1. The molecule has 0 bridgehead atoms. The van der Waals surface area contributed by atoms with E-state index in [2.05, 4.69) is 15.5 Å². The molecule has 1 aliphatic rings. The molecule has 0 saturated carbocycles. The van der Waals surface area contributed by atoms with Crippen molar-refractivity contribution in [3.63, 3.8) is 0 Å². The Kier molecular flexibility index (Phi) is 3.61. The minimum absolute atomic E-state index is 0.190. The summed E-state index contributed by atoms with van der Waals surface area (Å²) in [5, 5.41) is 3.82. The third-order valence-electron chi connectivity index (χ3n) is 2.28. The van der Waals surface area contributed by atoms with Crippen molar-refractivity contribution >= 4 is 12.1 Å². The highest BCUT2D eigenvalue weighted by atomic mass is 16.5. The molecule has 0 radical (unpaired) electrons. The van der Waals surface area contributed by atoms with Gasteiger partial charge in [-0.25, -0.2) is 5.43 Å². The molecular formula is C11H13N3O2. The highest BCUT2D eigenvalue weighted by Gasteiger charge is 2.22. The fourth-order valence-electron chi connectivity index (χ4n) is 1.47. The second kappa shape index (κ2) is 5.37. The van der Waals surface area contributed by atoms with Crippen molar-refractivity contribution in [1.29, 1.82) is 0 Å². The highest BCUT2D eigenvalue weighted by Crippen LogP contribution is 2.11. The van der Waals surface area contributed by atoms with E-state index in [1.807, 2.05) is 18.2 Å². The van der Waals surface area contributed by atoms with Gasteiger partial charge in [-0.05, 0) is 25.0 Å². The smallest absolute Gasteiger partial charge is 0.269 e. The third-order valence-corrected chi connectivity index (χ3v) is 2.28. The van der Waals surface area contributed by atoms with E-state index in [1.165, 1.54) is 6.21 Å². The molecule has 5 nitrogen and oxygen atoms in total. The fraction of sp³-hybridized carbons (Fsp3) is 0.364. The normalized spacial score (nSPS) is 20.1. The molecule has 1 aliphatic heterocycles. The summed E-state index contributed by atoms with van der Waals surface area (Å²) in [7, 11) is 0. The van der Waals surface area contributed by atoms with Crippen LogP contribution in [0, 0.1) is 0 Å². The molecule has 1 N–H and O–H groups in total. The summed E-state index contributed by atoms with van der Waals surface area (Å²) in [4.78, 5) is 15.5. The highest BCUT2D eigenvalue weighted by molar-refractivity contribution is 5.83. The molecule has 1 fully saturated rings. The van der Waals surface area contributed by atoms with Crippen LogP contribution >= 0.6 is 0 Å². The van der Waals surface area contributed by atoms with Crippen LogP contribution in [0.4, 0.5) is 0 Å². The summed E-state index contributed by atoms with van der Waals surface area (Å²) < 4.78 is 5.22. The number of aromatic nitrogens is 1. The number of rotatable bonds is 3. The van der Waals surface area contributed by atoms with E-state index < -0.39 is 0 Å². The summed E-state index contributed by atoms with van der Waals surface area (Å²) >= 11 is 0. The van der Waals surface area contributed by atoms with Crippen molar-refractivity contribution in [3.05, 3.63) is 30.1 Å². The van der Waals surface area contributed by atoms with Gasteiger partial charge in [0, 0.05) is 12.8 Å². The van der Waals surface area contributed by atoms with Crippen molar-refractivity contribution in [2.24, 2.45) is 5.10 Å². The lowest BCUT2D eigenvalue weighted by atomic mass is 10.2. The van der Waals surface area contributed by atoms with Crippen LogP contribution in [0.1, 0.15) is 18.5 Å². The predicted octanol–water partition coefficient (Wildman–Crippen LogP) is 0.711. The Balaban J connectivity index is 1.82. The van der Waals surface area contributed by atoms with Crippen LogP contribution in [0.3, 0.4) is 0 Å². The number of ether oxygens (including phenoxy) is 1. The first-order valence-electron chi connectivity index (χ1n) is 5.22. The van der Waals surface area contributed by atoms with E-state index in [4.69, 9.17) is 4.74 Å². The van der Waals surface area contributed by atoms with Crippen LogP contribution in [0.25, 0.3) is 0 Å². The number of hydrogen-bond donors (Lipinski definition) is 1. The van der Waals surface area contributed by atoms with Crippen LogP contribution in [0.15, 0.2) is 29.5 Å². The van der Waals surface area contributed by atoms with Crippen LogP contribution in [-0.4, -0.2) is 29.8 Å². The van der Waals surface area contributed by atoms with Crippen LogP contribution in [0.2, 0.25) is 0 Å². The minimum Gasteiger partial charge on any atom is -0.368 e. The van der Waals surface area contributed by atoms with E-state index in [0.717, 1.165) is 12.8 Å². The van der Waals surface area contributed by atoms with E-state index in [1.54, 1.807) is 6.20 Å². The zero-order valence-corrected chi connectivity index (χ0v) is 8.80. The van der Waals surface area contributed by atoms with Gasteiger partial charge in [0.05, 0.1) is 11.9 Å². The zero-order chi connectivity index (χ0) is 11.2. The van der Waals surface area contributed by atoms with Crippen molar-refractivity contribution in [2.75, 3.05) is 6.61 Å². The van der Waals surface area contributed by atoms with Gasteiger partial charge in [0.1, 0.15) is 6.10 Å². The molecule has 2 rings (SSSR count). The molecule has 2 heterocycles. The maximum atomic E-state index is 11.5. The summed E-state index contributed by atoms with van der Waals surface area (Å²) in [5.41, 5.74) is 3.14. The van der Waals surface area contributed by atoms with E-state index >= 15 is 0 Å². The molecule has 1 amide bonds. The average Bonchev–Trinajstić information content (AvgIpc) is 2.84. The Morgan fingerprint density at radius 3 is 3.25 bits per heavy atom. The molecule has 1 aromatic heterocycles. The standard InChI is InChI=1S/C11H13N3O2/c15-11(10-5-3-7-16-10)14-13-8-9-4-1-2-6-12-9/h1-2,4,6,8,10H,3,5,7H2,(H,14,15)/b13-8+/t10-/m0/s1. The Morgan fingerprint density at radius 2 is 2.56 bits per heavy atom. The van der Waals surface area contributed by atoms with Gasteiger partial charge in [-0.2, -0.15) is 5.10 Å². The lowest BCUT2D eigenvalue weighted by Gasteiger charge is -2.05. The molecule has 0 spiro atoms. The van der Waals surface area contributed by atoms with Crippen LogP contribution < -0.4 is 5.43 Å². The van der Waals surface area contributed by atoms with Gasteiger partial charge in [-0.15, -0.1) is 0 Å². The van der Waals surface area contributed by atoms with Crippen LogP contribution in [0.5, 0.6) is 0 Å². The Labute approximate surface area is 93.5 Å². The van der Waals surface area contributed by atoms with Crippen molar-refractivity contribution < 1.29 is 9.53 Å². The van der Waals surface area contributed by atoms with Gasteiger partial charge in [0.15, 0.2) is 0 Å². The number of hydrazone groups is 1. The fourth-order valence-corrected chi connectivity index (χ4v) is 1.47. The first-order valence-corrected chi connectivity index (χ1v) is 5.22. The molecule has 84 valence electrons. The Hall–Kier alpha value is -1.75. The van der Waals surface area contributed by atoms with Gasteiger partial charge in [-0.1, -0.05) is 6.07 Å². The van der Waals surface area contributed by atoms with Gasteiger partial charge < -0.3 is 4.74 Å². The zero-order valence-electron chi connectivity index (χ0n) is 8.80. The number of pyridine rings is 1. The van der Waals surface area contributed by atoms with Gasteiger partial charge >= 0.3 is 0 Å². The summed E-state index contributed by atoms with van der Waals surface area (Å²) in [6, 6.07) is 5.49. The molecular weight excluding hydrogens is 206 g/mol. The number of carbonyl (C=O) groups excluding carboxylic acids is 1. The van der Waals surface area contributed by atoms with E-state index in [-0.39, 0.29) is 12.0 Å². The molecule has 0 unspecified atom stereocenters. The molecule has 0 aromatic carbocycles. The van der Waals surface area contributed by atoms with Crippen molar-refractivity contribution in [2.45, 2.75) is 18.9 Å². The summed E-state index contributed by atoms with van der Waals surface area (Å²) in [5.74, 6) is -0.190. The minimum atomic E-state index is -0.346. The molecule has 5 heteroatoms. The second-order valence-corrected chi connectivity index (χ2v) is 3.49. The topological polar surface area (TPSA) is 63.6 Å². The van der Waals surface area contributed by atoms with E-state index in [9.17, 15) is 4.79 Å². The van der Waals surface area contributed by atoms with Gasteiger partial charge in [0.2, 0.25) is 0 Å². The average molecular weight is 219 g/mol. The van der Waals surface area contributed by atoms with E-state index in [0.29, 0.717) is 12.3 Å². The number of hydrogen-bond acceptors (Lipinski definition) is 4. The summed E-state index contributed by atoms with van der Waals surface area (Å²) in [6.45, 7) is 0.655. The summed E-state index contributed by atoms with van der Waals surface area (Å²) in [6.07, 6.45) is 4.53. The third kappa shape index (κ3) is 2.87. The Morgan fingerprint density at radius 1 is 1.62 bits per heavy atom. The molecule has 16 heavy (non-hydrogen) atoms. The number of nitrogens with one attached hydrogen (secondary N) is 1. The lowest BCUT2D eigenvalue weighted by molar-refractivity contribution is -0.130. The molecule has 1 saturated heterocycles. The van der Waals surface area contributed by atoms with Crippen molar-refractivity contribution in [1.82, 2.24) is 10.4 Å². The maximum absolute atomic E-state index is 11.5. The molecule has 0 aliphatic carbocycles. The number of carbonyl (C=O) groups is 1. The largest absolute Gasteiger partial charge is 0.368 e. The number of nitrogens with zero attached hydrogens (tertiary/aromatic N) is 2. The Bertz CT molecular complexity index is 372. The van der Waals surface area contributed by atoms with Gasteiger partial charge in [0.25, 0.3) is 5.91 Å². The van der Waals surface area contributed by atoms with Crippen molar-refractivity contribution in [3.8, 4) is 0 Å². The monoisotopic (exact) mass is 219 g/mol. The lowest BCUT2D eigenvalue weighted by Crippen LogP contribution is -2.30.